The Morgan fingerprint density at radius 2 is 1.18 bits per heavy atom. The molecule has 0 aromatic rings. The summed E-state index contributed by atoms with van der Waals surface area (Å²) in [7, 11) is 0. The standard InChI is InChI=1S/C24H44O4/c1-3-5-7-9-10-11-13-15-22(14-12-8-6-4-2)28-24(27)21-18-16-20(17-19-21)23(25)26/h20-22H,3-19H2,1-2H3,(H,25,26). The smallest absolute Gasteiger partial charge is 0.309 e. The van der Waals surface area contributed by atoms with Crippen LogP contribution in [0, 0.1) is 11.8 Å². The minimum absolute atomic E-state index is 0.0530. The summed E-state index contributed by atoms with van der Waals surface area (Å²) in [6, 6.07) is 0. The minimum Gasteiger partial charge on any atom is -0.481 e. The normalized spacial score (nSPS) is 20.6. The molecule has 0 aromatic carbocycles. The van der Waals surface area contributed by atoms with Gasteiger partial charge in [0, 0.05) is 0 Å². The molecule has 0 amide bonds. The number of rotatable bonds is 16. The number of hydrogen-bond donors (Lipinski definition) is 1. The van der Waals surface area contributed by atoms with E-state index in [0.717, 1.165) is 25.7 Å². The maximum atomic E-state index is 12.6. The highest BCUT2D eigenvalue weighted by atomic mass is 16.5. The van der Waals surface area contributed by atoms with E-state index in [1.165, 1.54) is 57.8 Å². The Labute approximate surface area is 172 Å². The summed E-state index contributed by atoms with van der Waals surface area (Å²) in [6.45, 7) is 4.45. The van der Waals surface area contributed by atoms with Crippen molar-refractivity contribution in [1.82, 2.24) is 0 Å². The topological polar surface area (TPSA) is 63.6 Å². The highest BCUT2D eigenvalue weighted by Crippen LogP contribution is 2.30. The van der Waals surface area contributed by atoms with Gasteiger partial charge in [0.25, 0.3) is 0 Å². The van der Waals surface area contributed by atoms with Gasteiger partial charge in [0.2, 0.25) is 0 Å². The van der Waals surface area contributed by atoms with Gasteiger partial charge in [-0.25, -0.2) is 0 Å². The average Bonchev–Trinajstić information content (AvgIpc) is 2.70. The summed E-state index contributed by atoms with van der Waals surface area (Å²) in [5, 5.41) is 9.12. The largest absolute Gasteiger partial charge is 0.481 e. The Bertz CT molecular complexity index is 413. The molecule has 0 aromatic heterocycles. The number of ether oxygens (including phenoxy) is 1. The first-order valence-electron chi connectivity index (χ1n) is 12.0. The number of hydrogen-bond acceptors (Lipinski definition) is 3. The number of unbranched alkanes of at least 4 members (excludes halogenated alkanes) is 9. The summed E-state index contributed by atoms with van der Waals surface area (Å²) >= 11 is 0. The van der Waals surface area contributed by atoms with Crippen molar-refractivity contribution in [1.29, 1.82) is 0 Å². The van der Waals surface area contributed by atoms with E-state index < -0.39 is 5.97 Å². The Hall–Kier alpha value is -1.06. The van der Waals surface area contributed by atoms with E-state index in [9.17, 15) is 9.59 Å². The third kappa shape index (κ3) is 11.1. The van der Waals surface area contributed by atoms with Crippen molar-refractivity contribution in [3.05, 3.63) is 0 Å². The molecule has 4 nitrogen and oxygen atoms in total. The lowest BCUT2D eigenvalue weighted by molar-refractivity contribution is -0.158. The first kappa shape index (κ1) is 25.0. The van der Waals surface area contributed by atoms with Crippen molar-refractivity contribution in [2.24, 2.45) is 11.8 Å². The van der Waals surface area contributed by atoms with Gasteiger partial charge in [0.1, 0.15) is 6.10 Å². The third-order valence-electron chi connectivity index (χ3n) is 6.20. The second-order valence-corrected chi connectivity index (χ2v) is 8.71. The van der Waals surface area contributed by atoms with Gasteiger partial charge in [0.15, 0.2) is 0 Å². The lowest BCUT2D eigenvalue weighted by atomic mass is 9.82. The Morgan fingerprint density at radius 1 is 0.750 bits per heavy atom. The maximum absolute atomic E-state index is 12.6. The summed E-state index contributed by atoms with van der Waals surface area (Å²) in [6.07, 6.45) is 18.3. The molecule has 1 unspecified atom stereocenters. The quantitative estimate of drug-likeness (QED) is 0.228. The fourth-order valence-electron chi connectivity index (χ4n) is 4.23. The Kier molecular flexibility index (Phi) is 14.1. The van der Waals surface area contributed by atoms with Gasteiger partial charge in [-0.3, -0.25) is 9.59 Å². The highest BCUT2D eigenvalue weighted by Gasteiger charge is 2.31. The fourth-order valence-corrected chi connectivity index (χ4v) is 4.23. The van der Waals surface area contributed by atoms with Crippen LogP contribution in [0.2, 0.25) is 0 Å². The third-order valence-corrected chi connectivity index (χ3v) is 6.20. The monoisotopic (exact) mass is 396 g/mol. The molecule has 1 fully saturated rings. The van der Waals surface area contributed by atoms with Gasteiger partial charge >= 0.3 is 11.9 Å². The van der Waals surface area contributed by atoms with E-state index in [1.54, 1.807) is 0 Å². The maximum Gasteiger partial charge on any atom is 0.309 e. The van der Waals surface area contributed by atoms with E-state index in [2.05, 4.69) is 13.8 Å². The van der Waals surface area contributed by atoms with Gasteiger partial charge < -0.3 is 9.84 Å². The van der Waals surface area contributed by atoms with Crippen LogP contribution in [0.4, 0.5) is 0 Å². The second-order valence-electron chi connectivity index (χ2n) is 8.71. The van der Waals surface area contributed by atoms with E-state index in [4.69, 9.17) is 9.84 Å². The summed E-state index contributed by atoms with van der Waals surface area (Å²) in [4.78, 5) is 23.7. The summed E-state index contributed by atoms with van der Waals surface area (Å²) in [5.41, 5.74) is 0. The van der Waals surface area contributed by atoms with Crippen molar-refractivity contribution in [2.45, 2.75) is 129 Å². The van der Waals surface area contributed by atoms with E-state index in [1.807, 2.05) is 0 Å². The Balaban J connectivity index is 2.34. The first-order valence-corrected chi connectivity index (χ1v) is 12.0. The molecule has 1 N–H and O–H groups in total. The molecular formula is C24H44O4. The SMILES string of the molecule is CCCCCCCCCC(CCCCCC)OC(=O)C1CCC(C(=O)O)CC1. The van der Waals surface area contributed by atoms with Gasteiger partial charge in [-0.15, -0.1) is 0 Å². The van der Waals surface area contributed by atoms with Crippen LogP contribution in [0.25, 0.3) is 0 Å². The van der Waals surface area contributed by atoms with Crippen LogP contribution >= 0.6 is 0 Å². The van der Waals surface area contributed by atoms with Crippen LogP contribution in [-0.4, -0.2) is 23.1 Å². The van der Waals surface area contributed by atoms with Gasteiger partial charge in [-0.05, 0) is 51.4 Å². The zero-order valence-corrected chi connectivity index (χ0v) is 18.4. The number of carboxylic acid groups (broad SMARTS) is 1. The molecule has 0 bridgehead atoms. The highest BCUT2D eigenvalue weighted by molar-refractivity contribution is 5.74. The molecular weight excluding hydrogens is 352 g/mol. The molecule has 1 atom stereocenters. The first-order chi connectivity index (χ1) is 13.6. The van der Waals surface area contributed by atoms with Crippen LogP contribution in [0.1, 0.15) is 123 Å². The number of carboxylic acids is 1. The van der Waals surface area contributed by atoms with Crippen molar-refractivity contribution in [3.8, 4) is 0 Å². The minimum atomic E-state index is -0.723. The second kappa shape index (κ2) is 15.8. The number of aliphatic carboxylic acids is 1. The zero-order valence-electron chi connectivity index (χ0n) is 18.4. The molecule has 1 saturated carbocycles. The lowest BCUT2D eigenvalue weighted by Gasteiger charge is -2.27. The Morgan fingerprint density at radius 3 is 1.68 bits per heavy atom. The van der Waals surface area contributed by atoms with Crippen molar-refractivity contribution < 1.29 is 19.4 Å². The molecule has 0 aliphatic heterocycles. The molecule has 4 heteroatoms. The molecule has 0 heterocycles. The molecule has 28 heavy (non-hydrogen) atoms. The fraction of sp³-hybridized carbons (Fsp3) is 0.917. The summed E-state index contributed by atoms with van der Waals surface area (Å²) in [5.74, 6) is -1.17. The van der Waals surface area contributed by atoms with Crippen molar-refractivity contribution in [2.75, 3.05) is 0 Å². The zero-order chi connectivity index (χ0) is 20.6. The molecule has 1 rings (SSSR count). The molecule has 1 aliphatic carbocycles. The predicted octanol–water partition coefficient (Wildman–Crippen LogP) is 6.90. The molecule has 1 aliphatic rings. The van der Waals surface area contributed by atoms with Gasteiger partial charge in [-0.1, -0.05) is 71.6 Å². The van der Waals surface area contributed by atoms with Crippen LogP contribution in [0.3, 0.4) is 0 Å². The predicted molar refractivity (Wildman–Crippen MR) is 114 cm³/mol. The summed E-state index contributed by atoms with van der Waals surface area (Å²) < 4.78 is 5.92. The molecule has 0 saturated heterocycles. The molecule has 164 valence electrons. The average molecular weight is 397 g/mol. The van der Waals surface area contributed by atoms with E-state index >= 15 is 0 Å². The lowest BCUT2D eigenvalue weighted by Crippen LogP contribution is -2.29. The number of esters is 1. The van der Waals surface area contributed by atoms with Gasteiger partial charge in [0.05, 0.1) is 11.8 Å². The van der Waals surface area contributed by atoms with E-state index in [0.29, 0.717) is 25.7 Å². The number of carbonyl (C=O) groups excluding carboxylic acids is 1. The van der Waals surface area contributed by atoms with Crippen LogP contribution < -0.4 is 0 Å². The van der Waals surface area contributed by atoms with Crippen LogP contribution in [0.15, 0.2) is 0 Å². The van der Waals surface area contributed by atoms with Crippen molar-refractivity contribution >= 4 is 11.9 Å². The molecule has 0 spiro atoms. The van der Waals surface area contributed by atoms with Crippen LogP contribution in [-0.2, 0) is 14.3 Å². The van der Waals surface area contributed by atoms with E-state index in [-0.39, 0.29) is 23.9 Å². The van der Waals surface area contributed by atoms with Crippen molar-refractivity contribution in [3.63, 3.8) is 0 Å². The molecule has 0 radical (unpaired) electrons. The van der Waals surface area contributed by atoms with Crippen LogP contribution in [0.5, 0.6) is 0 Å². The number of carbonyl (C=O) groups is 2. The van der Waals surface area contributed by atoms with Gasteiger partial charge in [-0.2, -0.15) is 0 Å².